The van der Waals surface area contributed by atoms with E-state index in [2.05, 4.69) is 25.8 Å². The van der Waals surface area contributed by atoms with Crippen LogP contribution < -0.4 is 5.73 Å². The van der Waals surface area contributed by atoms with E-state index in [9.17, 15) is 4.39 Å². The second-order valence-corrected chi connectivity index (χ2v) is 6.96. The minimum atomic E-state index is -0.254. The van der Waals surface area contributed by atoms with E-state index in [1.54, 1.807) is 12.1 Å². The molecule has 112 valence electrons. The van der Waals surface area contributed by atoms with Crippen molar-refractivity contribution in [3.63, 3.8) is 0 Å². The van der Waals surface area contributed by atoms with Gasteiger partial charge in [0.2, 0.25) is 0 Å². The number of hydrogen-bond acceptors (Lipinski definition) is 2. The Morgan fingerprint density at radius 2 is 1.90 bits per heavy atom. The average molecular weight is 278 g/mol. The molecule has 0 aliphatic heterocycles. The molecule has 20 heavy (non-hydrogen) atoms. The van der Waals surface area contributed by atoms with Gasteiger partial charge >= 0.3 is 0 Å². The van der Waals surface area contributed by atoms with E-state index >= 15 is 0 Å². The Labute approximate surface area is 122 Å². The molecular weight excluding hydrogens is 251 g/mol. The molecule has 0 bridgehead atoms. The lowest BCUT2D eigenvalue weighted by Crippen LogP contribution is -2.40. The fraction of sp³-hybridized carbons (Fsp3) is 0.647. The van der Waals surface area contributed by atoms with Crippen molar-refractivity contribution in [2.24, 2.45) is 11.1 Å². The van der Waals surface area contributed by atoms with E-state index in [-0.39, 0.29) is 11.9 Å². The molecule has 2 N–H and O–H groups in total. The summed E-state index contributed by atoms with van der Waals surface area (Å²) in [6, 6.07) is 7.16. The molecule has 0 spiro atoms. The van der Waals surface area contributed by atoms with Crippen LogP contribution in [0.4, 0.5) is 4.39 Å². The van der Waals surface area contributed by atoms with Gasteiger partial charge < -0.3 is 10.6 Å². The van der Waals surface area contributed by atoms with Gasteiger partial charge in [-0.2, -0.15) is 0 Å². The molecule has 1 aliphatic rings. The maximum Gasteiger partial charge on any atom is 0.128 e. The molecule has 1 fully saturated rings. The largest absolute Gasteiger partial charge is 0.323 e. The number of rotatable bonds is 4. The van der Waals surface area contributed by atoms with Crippen molar-refractivity contribution in [1.82, 2.24) is 4.90 Å². The van der Waals surface area contributed by atoms with Crippen LogP contribution in [-0.4, -0.2) is 24.5 Å². The highest BCUT2D eigenvalue weighted by atomic mass is 19.1. The summed E-state index contributed by atoms with van der Waals surface area (Å²) in [5, 5.41) is 0. The van der Waals surface area contributed by atoms with Gasteiger partial charge in [-0.1, -0.05) is 32.0 Å². The highest BCUT2D eigenvalue weighted by molar-refractivity contribution is 5.21. The van der Waals surface area contributed by atoms with E-state index in [4.69, 9.17) is 5.73 Å². The third-order valence-corrected chi connectivity index (χ3v) is 4.72. The predicted molar refractivity (Wildman–Crippen MR) is 82.0 cm³/mol. The van der Waals surface area contributed by atoms with Crippen LogP contribution in [0.2, 0.25) is 0 Å². The van der Waals surface area contributed by atoms with Gasteiger partial charge in [0.25, 0.3) is 0 Å². The number of halogens is 1. The monoisotopic (exact) mass is 278 g/mol. The predicted octanol–water partition coefficient (Wildman–Crippen LogP) is 3.73. The van der Waals surface area contributed by atoms with Crippen molar-refractivity contribution in [3.05, 3.63) is 35.6 Å². The van der Waals surface area contributed by atoms with Crippen LogP contribution in [0.5, 0.6) is 0 Å². The Morgan fingerprint density at radius 1 is 1.30 bits per heavy atom. The van der Waals surface area contributed by atoms with Crippen molar-refractivity contribution in [2.45, 2.75) is 51.6 Å². The molecule has 2 rings (SSSR count). The summed E-state index contributed by atoms with van der Waals surface area (Å²) in [6.45, 7) is 5.40. The van der Waals surface area contributed by atoms with Crippen molar-refractivity contribution in [3.8, 4) is 0 Å². The fourth-order valence-electron chi connectivity index (χ4n) is 3.16. The van der Waals surface area contributed by atoms with Gasteiger partial charge in [0.15, 0.2) is 0 Å². The fourth-order valence-corrected chi connectivity index (χ4v) is 3.16. The molecule has 1 aromatic carbocycles. The summed E-state index contributed by atoms with van der Waals surface area (Å²) in [4.78, 5) is 2.31. The molecule has 1 atom stereocenters. The van der Waals surface area contributed by atoms with Crippen LogP contribution in [-0.2, 0) is 0 Å². The molecule has 2 nitrogen and oxygen atoms in total. The van der Waals surface area contributed by atoms with Gasteiger partial charge in [0.1, 0.15) is 5.82 Å². The molecule has 0 amide bonds. The number of benzene rings is 1. The third kappa shape index (κ3) is 3.80. The summed E-state index contributed by atoms with van der Waals surface area (Å²) in [5.41, 5.74) is 7.27. The Morgan fingerprint density at radius 3 is 2.50 bits per heavy atom. The van der Waals surface area contributed by atoms with Crippen molar-refractivity contribution < 1.29 is 4.39 Å². The quantitative estimate of drug-likeness (QED) is 0.909. The lowest BCUT2D eigenvalue weighted by Gasteiger charge is -2.39. The Kier molecular flexibility index (Phi) is 4.82. The van der Waals surface area contributed by atoms with E-state index in [1.807, 2.05) is 6.07 Å². The summed E-state index contributed by atoms with van der Waals surface area (Å²) < 4.78 is 13.7. The van der Waals surface area contributed by atoms with Crippen molar-refractivity contribution in [1.29, 1.82) is 0 Å². The maximum atomic E-state index is 13.7. The van der Waals surface area contributed by atoms with Gasteiger partial charge in [-0.25, -0.2) is 4.39 Å². The van der Waals surface area contributed by atoms with E-state index in [1.165, 1.54) is 31.7 Å². The van der Waals surface area contributed by atoms with Gasteiger partial charge in [-0.3, -0.25) is 0 Å². The molecular formula is C17H27FN2. The van der Waals surface area contributed by atoms with Gasteiger partial charge in [-0.05, 0) is 44.2 Å². The molecule has 0 heterocycles. The van der Waals surface area contributed by atoms with E-state index in [0.717, 1.165) is 0 Å². The normalized spacial score (nSPS) is 21.1. The van der Waals surface area contributed by atoms with Crippen molar-refractivity contribution in [2.75, 3.05) is 13.6 Å². The molecule has 0 aromatic heterocycles. The molecule has 1 aliphatic carbocycles. The molecule has 0 saturated heterocycles. The van der Waals surface area contributed by atoms with Gasteiger partial charge in [-0.15, -0.1) is 0 Å². The number of likely N-dealkylation sites (N-methyl/N-ethyl adjacent to an activating group) is 1. The topological polar surface area (TPSA) is 29.3 Å². The molecule has 0 radical (unpaired) electrons. The zero-order valence-electron chi connectivity index (χ0n) is 12.9. The highest BCUT2D eigenvalue weighted by Crippen LogP contribution is 2.36. The Hall–Kier alpha value is -0.930. The minimum Gasteiger partial charge on any atom is -0.323 e. The number of nitrogens with two attached hydrogens (primary N) is 1. The molecule has 3 heteroatoms. The first-order valence-corrected chi connectivity index (χ1v) is 7.59. The first-order valence-electron chi connectivity index (χ1n) is 7.59. The molecule has 1 saturated carbocycles. The standard InChI is InChI=1S/C17H27FN2/c1-17(2)10-8-13(9-11-17)20(3)12-16(19)14-6-4-5-7-15(14)18/h4-7,13,16H,8-12,19H2,1-3H3. The zero-order chi connectivity index (χ0) is 14.8. The summed E-state index contributed by atoms with van der Waals surface area (Å²) in [6.07, 6.45) is 4.95. The summed E-state index contributed by atoms with van der Waals surface area (Å²) >= 11 is 0. The van der Waals surface area contributed by atoms with Crippen LogP contribution in [0.15, 0.2) is 24.3 Å². The smallest absolute Gasteiger partial charge is 0.128 e. The van der Waals surface area contributed by atoms with Gasteiger partial charge in [0.05, 0.1) is 0 Å². The average Bonchev–Trinajstić information content (AvgIpc) is 2.38. The van der Waals surface area contributed by atoms with Crippen molar-refractivity contribution >= 4 is 0 Å². The number of hydrogen-bond donors (Lipinski definition) is 1. The van der Waals surface area contributed by atoms with E-state index < -0.39 is 0 Å². The van der Waals surface area contributed by atoms with Crippen LogP contribution in [0.3, 0.4) is 0 Å². The van der Waals surface area contributed by atoms with E-state index in [0.29, 0.717) is 23.6 Å². The second kappa shape index (κ2) is 6.23. The lowest BCUT2D eigenvalue weighted by atomic mass is 9.75. The highest BCUT2D eigenvalue weighted by Gasteiger charge is 2.29. The SMILES string of the molecule is CN(CC(N)c1ccccc1F)C1CCC(C)(C)CC1. The second-order valence-electron chi connectivity index (χ2n) is 6.96. The van der Waals surface area contributed by atoms with Crippen LogP contribution in [0, 0.1) is 11.2 Å². The van der Waals surface area contributed by atoms with Crippen LogP contribution >= 0.6 is 0 Å². The third-order valence-electron chi connectivity index (χ3n) is 4.72. The summed E-state index contributed by atoms with van der Waals surface area (Å²) in [7, 11) is 2.11. The first-order chi connectivity index (χ1) is 9.39. The van der Waals surface area contributed by atoms with Crippen LogP contribution in [0.1, 0.15) is 51.1 Å². The first kappa shape index (κ1) is 15.5. The maximum absolute atomic E-state index is 13.7. The number of nitrogens with zero attached hydrogens (tertiary/aromatic N) is 1. The Balaban J connectivity index is 1.92. The molecule has 1 unspecified atom stereocenters. The van der Waals surface area contributed by atoms with Gasteiger partial charge in [0, 0.05) is 24.2 Å². The molecule has 1 aromatic rings. The minimum absolute atomic E-state index is 0.196. The van der Waals surface area contributed by atoms with Crippen LogP contribution in [0.25, 0.3) is 0 Å². The Bertz CT molecular complexity index is 434. The zero-order valence-corrected chi connectivity index (χ0v) is 12.9. The lowest BCUT2D eigenvalue weighted by molar-refractivity contribution is 0.122. The summed E-state index contributed by atoms with van der Waals surface area (Å²) in [5.74, 6) is -0.196.